The molecule has 2 atom stereocenters. The molecule has 2 unspecified atom stereocenters. The molecule has 0 radical (unpaired) electrons. The number of aromatic nitrogens is 2. The second kappa shape index (κ2) is 8.37. The monoisotopic (exact) mass is 399 g/mol. The Kier molecular flexibility index (Phi) is 5.48. The van der Waals surface area contributed by atoms with Crippen molar-refractivity contribution < 1.29 is 14.4 Å². The summed E-state index contributed by atoms with van der Waals surface area (Å²) in [7, 11) is 0. The van der Waals surface area contributed by atoms with Gasteiger partial charge in [-0.3, -0.25) is 24.4 Å². The Hall–Kier alpha value is -3.67. The molecule has 0 saturated carbocycles. The second-order valence-electron chi connectivity index (χ2n) is 7.37. The summed E-state index contributed by atoms with van der Waals surface area (Å²) < 4.78 is 0. The molecule has 0 aliphatic carbocycles. The third-order valence-corrected chi connectivity index (χ3v) is 5.41. The maximum absolute atomic E-state index is 13.2. The number of amides is 1. The molecule has 3 aromatic rings. The summed E-state index contributed by atoms with van der Waals surface area (Å²) >= 11 is 0. The number of rotatable bonds is 6. The first-order valence-electron chi connectivity index (χ1n) is 9.82. The van der Waals surface area contributed by atoms with Gasteiger partial charge in [0.15, 0.2) is 5.78 Å². The number of nitrogens with zero attached hydrogens (tertiary/aromatic N) is 3. The van der Waals surface area contributed by atoms with Gasteiger partial charge in [-0.2, -0.15) is 0 Å². The lowest BCUT2D eigenvalue weighted by atomic mass is 9.86. The van der Waals surface area contributed by atoms with Gasteiger partial charge >= 0.3 is 0 Å². The predicted molar refractivity (Wildman–Crippen MR) is 111 cm³/mol. The highest BCUT2D eigenvalue weighted by atomic mass is 16.2. The van der Waals surface area contributed by atoms with Crippen molar-refractivity contribution in [3.8, 4) is 0 Å². The van der Waals surface area contributed by atoms with Crippen LogP contribution in [0.2, 0.25) is 0 Å². The smallest absolute Gasteiger partial charge is 0.291 e. The van der Waals surface area contributed by atoms with Crippen LogP contribution in [0.15, 0.2) is 73.2 Å². The van der Waals surface area contributed by atoms with Crippen LogP contribution in [-0.2, 0) is 16.0 Å². The van der Waals surface area contributed by atoms with Gasteiger partial charge in [-0.25, -0.2) is 0 Å². The van der Waals surface area contributed by atoms with Crippen molar-refractivity contribution in [1.82, 2.24) is 14.9 Å². The number of pyridine rings is 2. The van der Waals surface area contributed by atoms with Crippen molar-refractivity contribution in [3.05, 3.63) is 95.6 Å². The van der Waals surface area contributed by atoms with E-state index in [1.54, 1.807) is 18.3 Å². The van der Waals surface area contributed by atoms with Gasteiger partial charge in [0.05, 0.1) is 6.04 Å². The molecule has 1 amide bonds. The highest BCUT2D eigenvalue weighted by molar-refractivity contribution is 6.44. The predicted octanol–water partition coefficient (Wildman–Crippen LogP) is 2.98. The average molecular weight is 399 g/mol. The van der Waals surface area contributed by atoms with E-state index in [1.807, 2.05) is 49.4 Å². The topological polar surface area (TPSA) is 80.2 Å². The summed E-state index contributed by atoms with van der Waals surface area (Å²) in [5.74, 6) is -2.72. The third kappa shape index (κ3) is 3.76. The van der Waals surface area contributed by atoms with Crippen LogP contribution in [-0.4, -0.2) is 38.9 Å². The molecular formula is C24H21N3O3. The number of aryl methyl sites for hydroxylation is 1. The number of benzene rings is 1. The zero-order valence-electron chi connectivity index (χ0n) is 16.6. The maximum atomic E-state index is 13.2. The number of Topliss-reactive ketones (excluding diaryl/α,β-unsaturated/α-hetero) is 2. The molecule has 30 heavy (non-hydrogen) atoms. The minimum absolute atomic E-state index is 0.306. The van der Waals surface area contributed by atoms with Crippen LogP contribution in [0.4, 0.5) is 0 Å². The van der Waals surface area contributed by atoms with Crippen molar-refractivity contribution in [1.29, 1.82) is 0 Å². The average Bonchev–Trinajstić information content (AvgIpc) is 3.04. The Balaban J connectivity index is 1.71. The van der Waals surface area contributed by atoms with E-state index in [9.17, 15) is 14.4 Å². The molecule has 6 heteroatoms. The highest BCUT2D eigenvalue weighted by Crippen LogP contribution is 2.38. The lowest BCUT2D eigenvalue weighted by Crippen LogP contribution is -2.32. The molecule has 1 fully saturated rings. The van der Waals surface area contributed by atoms with Crippen molar-refractivity contribution in [3.63, 3.8) is 0 Å². The Labute approximate surface area is 174 Å². The van der Waals surface area contributed by atoms with Gasteiger partial charge in [-0.15, -0.1) is 0 Å². The van der Waals surface area contributed by atoms with Crippen molar-refractivity contribution in [2.45, 2.75) is 19.4 Å². The molecule has 0 spiro atoms. The summed E-state index contributed by atoms with van der Waals surface area (Å²) in [5.41, 5.74) is 3.03. The Morgan fingerprint density at radius 3 is 2.37 bits per heavy atom. The fraction of sp³-hybridized carbons (Fsp3) is 0.208. The zero-order valence-corrected chi connectivity index (χ0v) is 16.6. The minimum atomic E-state index is -1.08. The van der Waals surface area contributed by atoms with Crippen LogP contribution in [0.3, 0.4) is 0 Å². The first kappa shape index (κ1) is 19.6. The zero-order chi connectivity index (χ0) is 21.1. The van der Waals surface area contributed by atoms with Gasteiger partial charge in [-0.1, -0.05) is 35.9 Å². The van der Waals surface area contributed by atoms with E-state index < -0.39 is 23.7 Å². The Morgan fingerprint density at radius 1 is 0.967 bits per heavy atom. The van der Waals surface area contributed by atoms with E-state index in [1.165, 1.54) is 17.3 Å². The SMILES string of the molecule is Cc1ccc(C2C(C(=O)c3ccncc3)C(=O)C(=O)N2CCc2ccccn2)cc1. The largest absolute Gasteiger partial charge is 0.327 e. The number of likely N-dealkylation sites (tertiary alicyclic amines) is 1. The van der Waals surface area contributed by atoms with E-state index in [2.05, 4.69) is 9.97 Å². The number of carbonyl (C=O) groups is 3. The maximum Gasteiger partial charge on any atom is 0.291 e. The standard InChI is InChI=1S/C24H21N3O3/c1-16-5-7-17(8-6-16)21-20(22(28)18-9-13-25-14-10-18)23(29)24(30)27(21)15-11-19-4-2-3-12-26-19/h2-10,12-14,20-21H,11,15H2,1H3. The van der Waals surface area contributed by atoms with Crippen molar-refractivity contribution in [2.75, 3.05) is 6.54 Å². The molecule has 4 rings (SSSR count). The first-order valence-corrected chi connectivity index (χ1v) is 9.82. The molecule has 150 valence electrons. The van der Waals surface area contributed by atoms with E-state index in [-0.39, 0.29) is 5.78 Å². The van der Waals surface area contributed by atoms with Gasteiger partial charge in [0.25, 0.3) is 5.91 Å². The summed E-state index contributed by atoms with van der Waals surface area (Å²) in [4.78, 5) is 48.8. The third-order valence-electron chi connectivity index (χ3n) is 5.41. The summed E-state index contributed by atoms with van der Waals surface area (Å²) in [6, 6.07) is 15.7. The van der Waals surface area contributed by atoms with E-state index in [0.29, 0.717) is 18.5 Å². The van der Waals surface area contributed by atoms with Gasteiger partial charge in [0, 0.05) is 42.8 Å². The normalized spacial score (nSPS) is 18.6. The van der Waals surface area contributed by atoms with Gasteiger partial charge in [-0.05, 0) is 36.8 Å². The van der Waals surface area contributed by atoms with E-state index in [0.717, 1.165) is 16.8 Å². The van der Waals surface area contributed by atoms with Crippen LogP contribution in [0.25, 0.3) is 0 Å². The Morgan fingerprint density at radius 2 is 1.70 bits per heavy atom. The number of hydrogen-bond donors (Lipinski definition) is 0. The molecule has 1 aliphatic heterocycles. The summed E-state index contributed by atoms with van der Waals surface area (Å²) in [6.45, 7) is 2.27. The molecule has 0 N–H and O–H groups in total. The summed E-state index contributed by atoms with van der Waals surface area (Å²) in [6.07, 6.45) is 5.21. The fourth-order valence-corrected chi connectivity index (χ4v) is 3.84. The molecule has 3 heterocycles. The highest BCUT2D eigenvalue weighted by Gasteiger charge is 2.51. The molecule has 1 aliphatic rings. The van der Waals surface area contributed by atoms with Crippen LogP contribution < -0.4 is 0 Å². The first-order chi connectivity index (χ1) is 14.6. The van der Waals surface area contributed by atoms with Crippen molar-refractivity contribution in [2.24, 2.45) is 5.92 Å². The lowest BCUT2D eigenvalue weighted by Gasteiger charge is -2.27. The second-order valence-corrected chi connectivity index (χ2v) is 7.37. The summed E-state index contributed by atoms with van der Waals surface area (Å²) in [5, 5.41) is 0. The van der Waals surface area contributed by atoms with Crippen LogP contribution >= 0.6 is 0 Å². The van der Waals surface area contributed by atoms with Crippen LogP contribution in [0, 0.1) is 12.8 Å². The van der Waals surface area contributed by atoms with Gasteiger partial charge in [0.1, 0.15) is 5.92 Å². The number of ketones is 2. The van der Waals surface area contributed by atoms with Crippen LogP contribution in [0.1, 0.15) is 33.2 Å². The molecule has 1 saturated heterocycles. The number of hydrogen-bond acceptors (Lipinski definition) is 5. The minimum Gasteiger partial charge on any atom is -0.327 e. The molecular weight excluding hydrogens is 378 g/mol. The van der Waals surface area contributed by atoms with Gasteiger partial charge < -0.3 is 4.90 Å². The van der Waals surface area contributed by atoms with Crippen molar-refractivity contribution >= 4 is 17.5 Å². The molecule has 1 aromatic carbocycles. The van der Waals surface area contributed by atoms with E-state index >= 15 is 0 Å². The molecule has 0 bridgehead atoms. The fourth-order valence-electron chi connectivity index (χ4n) is 3.84. The molecule has 6 nitrogen and oxygen atoms in total. The quantitative estimate of drug-likeness (QED) is 0.362. The van der Waals surface area contributed by atoms with Crippen LogP contribution in [0.5, 0.6) is 0 Å². The number of carbonyl (C=O) groups excluding carboxylic acids is 3. The lowest BCUT2D eigenvalue weighted by molar-refractivity contribution is -0.140. The molecule has 2 aromatic heterocycles. The Bertz CT molecular complexity index is 1070. The van der Waals surface area contributed by atoms with E-state index in [4.69, 9.17) is 0 Å². The van der Waals surface area contributed by atoms with Gasteiger partial charge in [0.2, 0.25) is 5.78 Å².